The maximum Gasteiger partial charge on any atom is 0.416 e. The largest absolute Gasteiger partial charge is 0.416 e. The van der Waals surface area contributed by atoms with Gasteiger partial charge in [-0.3, -0.25) is 4.79 Å². The highest BCUT2D eigenvalue weighted by Gasteiger charge is 2.37. The maximum absolute atomic E-state index is 13.5. The zero-order chi connectivity index (χ0) is 28.5. The van der Waals surface area contributed by atoms with Crippen molar-refractivity contribution in [2.75, 3.05) is 25.0 Å². The average Bonchev–Trinajstić information content (AvgIpc) is 2.87. The van der Waals surface area contributed by atoms with Gasteiger partial charge in [-0.25, -0.2) is 9.97 Å². The van der Waals surface area contributed by atoms with E-state index in [1.54, 1.807) is 12.1 Å². The number of carbonyl (C=O) groups excluding carboxylic acids is 1. The molecule has 5 nitrogen and oxygen atoms in total. The second-order valence-corrected chi connectivity index (χ2v) is 9.99. The fourth-order valence-electron chi connectivity index (χ4n) is 4.60. The van der Waals surface area contributed by atoms with E-state index in [9.17, 15) is 31.1 Å². The number of hydrogen-bond acceptors (Lipinski definition) is 4. The molecule has 2 aromatic carbocycles. The number of alkyl halides is 6. The van der Waals surface area contributed by atoms with Gasteiger partial charge in [-0.2, -0.15) is 26.3 Å². The van der Waals surface area contributed by atoms with Crippen molar-refractivity contribution in [3.8, 4) is 11.3 Å². The highest BCUT2D eigenvalue weighted by atomic mass is 19.4. The molecule has 1 aliphatic heterocycles. The molecule has 3 aromatic rings. The van der Waals surface area contributed by atoms with Gasteiger partial charge < -0.3 is 9.80 Å². The summed E-state index contributed by atoms with van der Waals surface area (Å²) in [7, 11) is 1.32. The molecule has 0 bridgehead atoms. The van der Waals surface area contributed by atoms with Gasteiger partial charge in [0.25, 0.3) is 5.91 Å². The molecule has 4 rings (SSSR count). The van der Waals surface area contributed by atoms with Crippen LogP contribution in [0.2, 0.25) is 0 Å². The first-order chi connectivity index (χ1) is 18.2. The van der Waals surface area contributed by atoms with Crippen molar-refractivity contribution in [2.45, 2.75) is 45.6 Å². The molecule has 0 radical (unpaired) electrons. The number of halogens is 6. The molecule has 0 aliphatic carbocycles. The summed E-state index contributed by atoms with van der Waals surface area (Å²) in [6.45, 7) is 5.08. The summed E-state index contributed by atoms with van der Waals surface area (Å²) < 4.78 is 79.9. The maximum atomic E-state index is 13.5. The number of aryl methyl sites for hydroxylation is 1. The molecule has 1 saturated heterocycles. The zero-order valence-corrected chi connectivity index (χ0v) is 21.7. The van der Waals surface area contributed by atoms with E-state index in [0.717, 1.165) is 36.4 Å². The van der Waals surface area contributed by atoms with Gasteiger partial charge in [0.1, 0.15) is 0 Å². The SMILES string of the molecule is Cc1ccccc1-c1nc(N2CCC(C)CC2)ncc1C(=O)N(C)Cc1cc(C(F)(F)F)cc(C(F)(F)F)c1. The number of aromatic nitrogens is 2. The molecule has 0 atom stereocenters. The van der Waals surface area contributed by atoms with Gasteiger partial charge in [0.2, 0.25) is 5.95 Å². The van der Waals surface area contributed by atoms with Gasteiger partial charge in [-0.05, 0) is 55.0 Å². The van der Waals surface area contributed by atoms with Crippen molar-refractivity contribution < 1.29 is 31.1 Å². The van der Waals surface area contributed by atoms with Crippen molar-refractivity contribution in [3.63, 3.8) is 0 Å². The minimum absolute atomic E-state index is 0.0650. The Kier molecular flexibility index (Phi) is 7.90. The number of piperidine rings is 1. The number of rotatable bonds is 5. The van der Waals surface area contributed by atoms with E-state index < -0.39 is 35.9 Å². The number of benzene rings is 2. The van der Waals surface area contributed by atoms with Crippen molar-refractivity contribution in [3.05, 3.63) is 76.5 Å². The van der Waals surface area contributed by atoms with Gasteiger partial charge in [0.15, 0.2) is 0 Å². The molecule has 0 N–H and O–H groups in total. The lowest BCUT2D eigenvalue weighted by Crippen LogP contribution is -2.34. The lowest BCUT2D eigenvalue weighted by atomic mass is 9.99. The van der Waals surface area contributed by atoms with E-state index in [2.05, 4.69) is 11.9 Å². The number of nitrogens with zero attached hydrogens (tertiary/aromatic N) is 4. The third-order valence-corrected chi connectivity index (χ3v) is 6.89. The first-order valence-corrected chi connectivity index (χ1v) is 12.5. The molecule has 2 heterocycles. The zero-order valence-electron chi connectivity index (χ0n) is 21.7. The topological polar surface area (TPSA) is 49.3 Å². The summed E-state index contributed by atoms with van der Waals surface area (Å²) in [5.41, 5.74) is -1.18. The Morgan fingerprint density at radius 2 is 1.59 bits per heavy atom. The minimum Gasteiger partial charge on any atom is -0.341 e. The molecule has 1 aliphatic rings. The van der Waals surface area contributed by atoms with Crippen LogP contribution in [0.15, 0.2) is 48.7 Å². The second-order valence-electron chi connectivity index (χ2n) is 9.99. The van der Waals surface area contributed by atoms with E-state index in [4.69, 9.17) is 4.98 Å². The molecule has 0 saturated carbocycles. The van der Waals surface area contributed by atoms with Gasteiger partial charge in [-0.15, -0.1) is 0 Å². The molecular weight excluding hydrogens is 522 g/mol. The van der Waals surface area contributed by atoms with Crippen LogP contribution in [-0.2, 0) is 18.9 Å². The Hall–Kier alpha value is -3.63. The lowest BCUT2D eigenvalue weighted by Gasteiger charge is -2.30. The fourth-order valence-corrected chi connectivity index (χ4v) is 4.60. The van der Waals surface area contributed by atoms with Crippen molar-refractivity contribution in [1.82, 2.24) is 14.9 Å². The molecule has 0 spiro atoms. The number of carbonyl (C=O) groups is 1. The van der Waals surface area contributed by atoms with Crippen LogP contribution in [0.3, 0.4) is 0 Å². The van der Waals surface area contributed by atoms with E-state index in [0.29, 0.717) is 35.3 Å². The predicted molar refractivity (Wildman–Crippen MR) is 135 cm³/mol. The van der Waals surface area contributed by atoms with Crippen LogP contribution in [0.5, 0.6) is 0 Å². The number of anilines is 1. The van der Waals surface area contributed by atoms with Gasteiger partial charge in [0, 0.05) is 38.4 Å². The number of amides is 1. The molecule has 1 aromatic heterocycles. The van der Waals surface area contributed by atoms with Crippen molar-refractivity contribution in [2.24, 2.45) is 5.92 Å². The van der Waals surface area contributed by atoms with E-state index in [1.165, 1.54) is 13.2 Å². The first kappa shape index (κ1) is 28.4. The monoisotopic (exact) mass is 550 g/mol. The number of hydrogen-bond donors (Lipinski definition) is 0. The van der Waals surface area contributed by atoms with E-state index in [1.807, 2.05) is 24.0 Å². The van der Waals surface area contributed by atoms with Crippen LogP contribution in [-0.4, -0.2) is 40.9 Å². The summed E-state index contributed by atoms with van der Waals surface area (Å²) in [6, 6.07) is 8.61. The molecular formula is C28H28F6N4O. The Morgan fingerprint density at radius 3 is 2.15 bits per heavy atom. The smallest absolute Gasteiger partial charge is 0.341 e. The average molecular weight is 551 g/mol. The van der Waals surface area contributed by atoms with Crippen LogP contribution in [0.4, 0.5) is 32.3 Å². The summed E-state index contributed by atoms with van der Waals surface area (Å²) in [4.78, 5) is 25.8. The first-order valence-electron chi connectivity index (χ1n) is 12.5. The van der Waals surface area contributed by atoms with E-state index >= 15 is 0 Å². The van der Waals surface area contributed by atoms with Crippen molar-refractivity contribution in [1.29, 1.82) is 0 Å². The van der Waals surface area contributed by atoms with Crippen LogP contribution < -0.4 is 4.90 Å². The molecule has 1 fully saturated rings. The Morgan fingerprint density at radius 1 is 1.00 bits per heavy atom. The third-order valence-electron chi connectivity index (χ3n) is 6.89. The fraction of sp³-hybridized carbons (Fsp3) is 0.393. The van der Waals surface area contributed by atoms with Gasteiger partial charge in [-0.1, -0.05) is 31.2 Å². The van der Waals surface area contributed by atoms with E-state index in [-0.39, 0.29) is 17.2 Å². The highest BCUT2D eigenvalue weighted by Crippen LogP contribution is 2.37. The van der Waals surface area contributed by atoms with Gasteiger partial charge in [0.05, 0.1) is 22.4 Å². The normalized spacial score (nSPS) is 14.9. The summed E-state index contributed by atoms with van der Waals surface area (Å²) in [5, 5.41) is 0. The standard InChI is InChI=1S/C28H28F6N4O/c1-17-8-10-38(11-9-17)26-35-15-23(24(36-26)22-7-5-4-6-18(22)2)25(39)37(3)16-19-12-20(27(29,30)31)14-21(13-19)28(32,33)34/h4-7,12-15,17H,8-11,16H2,1-3H3. The summed E-state index contributed by atoms with van der Waals surface area (Å²) in [5.74, 6) is 0.422. The summed E-state index contributed by atoms with van der Waals surface area (Å²) >= 11 is 0. The minimum atomic E-state index is -4.98. The quantitative estimate of drug-likeness (QED) is 0.321. The third kappa shape index (κ3) is 6.51. The molecule has 1 amide bonds. The second kappa shape index (κ2) is 10.9. The molecule has 0 unspecified atom stereocenters. The molecule has 39 heavy (non-hydrogen) atoms. The van der Waals surface area contributed by atoms with Crippen LogP contribution in [0.1, 0.15) is 52.4 Å². The predicted octanol–water partition coefficient (Wildman–Crippen LogP) is 7.00. The molecule has 11 heteroatoms. The molecule has 208 valence electrons. The van der Waals surface area contributed by atoms with Gasteiger partial charge >= 0.3 is 12.4 Å². The highest BCUT2D eigenvalue weighted by molar-refractivity contribution is 6.00. The van der Waals surface area contributed by atoms with Crippen LogP contribution in [0, 0.1) is 12.8 Å². The Labute approximate surface area is 222 Å². The summed E-state index contributed by atoms with van der Waals surface area (Å²) in [6.07, 6.45) is -6.62. The van der Waals surface area contributed by atoms with Crippen molar-refractivity contribution >= 4 is 11.9 Å². The Balaban J connectivity index is 1.70. The van der Waals surface area contributed by atoms with Crippen LogP contribution in [0.25, 0.3) is 11.3 Å². The lowest BCUT2D eigenvalue weighted by molar-refractivity contribution is -0.143. The van der Waals surface area contributed by atoms with Crippen LogP contribution >= 0.6 is 0 Å². The Bertz CT molecular complexity index is 1310.